The summed E-state index contributed by atoms with van der Waals surface area (Å²) in [5.41, 5.74) is 1.44. The van der Waals surface area contributed by atoms with Gasteiger partial charge in [0.2, 0.25) is 0 Å². The monoisotopic (exact) mass is 194 g/mol. The Kier molecular flexibility index (Phi) is 6.46. The van der Waals surface area contributed by atoms with E-state index < -0.39 is 5.97 Å². The zero-order valence-electron chi connectivity index (χ0n) is 6.29. The molecule has 0 aromatic rings. The summed E-state index contributed by atoms with van der Waals surface area (Å²) >= 11 is 6.86. The summed E-state index contributed by atoms with van der Waals surface area (Å²) in [5.74, 6) is 0.0256. The molecule has 1 N–H and O–H groups in total. The van der Waals surface area contributed by atoms with Crippen molar-refractivity contribution in [3.05, 3.63) is 11.6 Å². The minimum atomic E-state index is -0.750. The Labute approximate surface area is 75.6 Å². The van der Waals surface area contributed by atoms with Gasteiger partial charge in [-0.1, -0.05) is 24.6 Å². The molecule has 0 saturated carbocycles. The van der Waals surface area contributed by atoms with Crippen molar-refractivity contribution in [3.8, 4) is 0 Å². The third kappa shape index (κ3) is 7.75. The van der Waals surface area contributed by atoms with Crippen LogP contribution >= 0.6 is 23.4 Å². The minimum absolute atomic E-state index is 0.153. The van der Waals surface area contributed by atoms with Crippen molar-refractivity contribution in [2.45, 2.75) is 18.6 Å². The standard InChI is InChI=1S/C7H11ClO2S/c1-6(5-7(9)10)11-4-2-3-8/h2-3,6H,4-5H2,1H3,(H,9,10). The second-order valence-electron chi connectivity index (χ2n) is 2.10. The van der Waals surface area contributed by atoms with E-state index in [2.05, 4.69) is 0 Å². The van der Waals surface area contributed by atoms with Crippen LogP contribution in [0.3, 0.4) is 0 Å². The van der Waals surface area contributed by atoms with Crippen LogP contribution in [-0.4, -0.2) is 22.1 Å². The highest BCUT2D eigenvalue weighted by Crippen LogP contribution is 2.13. The molecule has 1 atom stereocenters. The number of rotatable bonds is 5. The normalized spacial score (nSPS) is 13.6. The lowest BCUT2D eigenvalue weighted by Crippen LogP contribution is -2.05. The fraction of sp³-hybridized carbons (Fsp3) is 0.571. The first kappa shape index (κ1) is 10.8. The van der Waals surface area contributed by atoms with Crippen molar-refractivity contribution < 1.29 is 9.90 Å². The summed E-state index contributed by atoms with van der Waals surface area (Å²) < 4.78 is 0. The van der Waals surface area contributed by atoms with E-state index >= 15 is 0 Å². The lowest BCUT2D eigenvalue weighted by molar-refractivity contribution is -0.136. The van der Waals surface area contributed by atoms with Gasteiger partial charge in [-0.15, -0.1) is 0 Å². The van der Waals surface area contributed by atoms with E-state index in [1.54, 1.807) is 17.8 Å². The number of carboxylic acids is 1. The van der Waals surface area contributed by atoms with E-state index in [0.29, 0.717) is 0 Å². The van der Waals surface area contributed by atoms with Crippen LogP contribution in [0, 0.1) is 0 Å². The summed E-state index contributed by atoms with van der Waals surface area (Å²) in [5, 5.41) is 8.54. The summed E-state index contributed by atoms with van der Waals surface area (Å²) in [7, 11) is 0. The Morgan fingerprint density at radius 1 is 1.82 bits per heavy atom. The maximum atomic E-state index is 10.2. The number of aliphatic carboxylic acids is 1. The van der Waals surface area contributed by atoms with E-state index in [-0.39, 0.29) is 11.7 Å². The van der Waals surface area contributed by atoms with Gasteiger partial charge in [-0.25, -0.2) is 0 Å². The number of hydrogen-bond acceptors (Lipinski definition) is 2. The quantitative estimate of drug-likeness (QED) is 0.730. The van der Waals surface area contributed by atoms with E-state index in [1.807, 2.05) is 6.92 Å². The SMILES string of the molecule is CC(CC(=O)O)SCC=CCl. The lowest BCUT2D eigenvalue weighted by Gasteiger charge is -2.04. The average Bonchev–Trinajstić information content (AvgIpc) is 1.86. The lowest BCUT2D eigenvalue weighted by atomic mass is 10.3. The molecule has 0 aromatic carbocycles. The topological polar surface area (TPSA) is 37.3 Å². The van der Waals surface area contributed by atoms with E-state index in [4.69, 9.17) is 16.7 Å². The Hall–Kier alpha value is -0.150. The van der Waals surface area contributed by atoms with Gasteiger partial charge in [-0.3, -0.25) is 4.79 Å². The molecule has 0 aliphatic carbocycles. The van der Waals surface area contributed by atoms with Gasteiger partial charge in [-0.05, 0) is 0 Å². The highest BCUT2D eigenvalue weighted by molar-refractivity contribution is 8.00. The van der Waals surface area contributed by atoms with Crippen molar-refractivity contribution >= 4 is 29.3 Å². The smallest absolute Gasteiger partial charge is 0.304 e. The molecule has 4 heteroatoms. The fourth-order valence-corrected chi connectivity index (χ4v) is 1.55. The van der Waals surface area contributed by atoms with E-state index in [1.165, 1.54) is 5.54 Å². The Morgan fingerprint density at radius 3 is 2.91 bits per heavy atom. The fourth-order valence-electron chi connectivity index (χ4n) is 0.561. The molecule has 0 aromatic heterocycles. The number of thioether (sulfide) groups is 1. The predicted molar refractivity (Wildman–Crippen MR) is 49.2 cm³/mol. The molecule has 0 heterocycles. The van der Waals surface area contributed by atoms with Crippen LogP contribution in [-0.2, 0) is 4.79 Å². The van der Waals surface area contributed by atoms with Crippen LogP contribution in [0.5, 0.6) is 0 Å². The first-order chi connectivity index (χ1) is 5.16. The molecule has 0 fully saturated rings. The Morgan fingerprint density at radius 2 is 2.45 bits per heavy atom. The maximum Gasteiger partial charge on any atom is 0.304 e. The third-order valence-electron chi connectivity index (χ3n) is 1.03. The molecule has 0 rings (SSSR count). The number of halogens is 1. The predicted octanol–water partition coefficient (Wildman–Crippen LogP) is 2.34. The van der Waals surface area contributed by atoms with Gasteiger partial charge in [0.05, 0.1) is 6.42 Å². The van der Waals surface area contributed by atoms with E-state index in [9.17, 15) is 4.79 Å². The van der Waals surface area contributed by atoms with Crippen LogP contribution in [0.25, 0.3) is 0 Å². The summed E-state index contributed by atoms with van der Waals surface area (Å²) in [6.07, 6.45) is 2.01. The zero-order valence-corrected chi connectivity index (χ0v) is 7.86. The van der Waals surface area contributed by atoms with Crippen molar-refractivity contribution in [2.24, 2.45) is 0 Å². The maximum absolute atomic E-state index is 10.2. The van der Waals surface area contributed by atoms with Crippen molar-refractivity contribution in [1.82, 2.24) is 0 Å². The zero-order chi connectivity index (χ0) is 8.69. The highest BCUT2D eigenvalue weighted by Gasteiger charge is 2.05. The molecule has 11 heavy (non-hydrogen) atoms. The molecule has 0 bridgehead atoms. The van der Waals surface area contributed by atoms with Gasteiger partial charge < -0.3 is 5.11 Å². The highest BCUT2D eigenvalue weighted by atomic mass is 35.5. The second kappa shape index (κ2) is 6.55. The molecule has 1 unspecified atom stereocenters. The van der Waals surface area contributed by atoms with Crippen molar-refractivity contribution in [3.63, 3.8) is 0 Å². The first-order valence-electron chi connectivity index (χ1n) is 3.25. The number of hydrogen-bond donors (Lipinski definition) is 1. The first-order valence-corrected chi connectivity index (χ1v) is 4.74. The molecule has 0 aliphatic rings. The van der Waals surface area contributed by atoms with Crippen LogP contribution in [0.1, 0.15) is 13.3 Å². The van der Waals surface area contributed by atoms with Crippen LogP contribution in [0.4, 0.5) is 0 Å². The second-order valence-corrected chi connectivity index (χ2v) is 3.83. The molecule has 0 spiro atoms. The molecular formula is C7H11ClO2S. The summed E-state index contributed by atoms with van der Waals surface area (Å²) in [4.78, 5) is 10.2. The third-order valence-corrected chi connectivity index (χ3v) is 2.33. The van der Waals surface area contributed by atoms with Gasteiger partial charge in [0, 0.05) is 16.5 Å². The molecule has 0 radical (unpaired) electrons. The van der Waals surface area contributed by atoms with E-state index in [0.717, 1.165) is 5.75 Å². The van der Waals surface area contributed by atoms with Crippen molar-refractivity contribution in [2.75, 3.05) is 5.75 Å². The Balaban J connectivity index is 3.36. The van der Waals surface area contributed by atoms with Crippen LogP contribution < -0.4 is 0 Å². The molecule has 0 amide bonds. The van der Waals surface area contributed by atoms with Crippen LogP contribution in [0.15, 0.2) is 11.6 Å². The molecule has 64 valence electrons. The van der Waals surface area contributed by atoms with Crippen molar-refractivity contribution in [1.29, 1.82) is 0 Å². The van der Waals surface area contributed by atoms with Gasteiger partial charge >= 0.3 is 5.97 Å². The average molecular weight is 195 g/mol. The summed E-state index contributed by atoms with van der Waals surface area (Å²) in [6.45, 7) is 1.89. The van der Waals surface area contributed by atoms with Gasteiger partial charge in [0.15, 0.2) is 0 Å². The largest absolute Gasteiger partial charge is 0.481 e. The number of carboxylic acid groups (broad SMARTS) is 1. The van der Waals surface area contributed by atoms with Gasteiger partial charge in [0.25, 0.3) is 0 Å². The molecule has 0 saturated heterocycles. The number of carbonyl (C=O) groups is 1. The molecule has 2 nitrogen and oxygen atoms in total. The van der Waals surface area contributed by atoms with Crippen LogP contribution in [0.2, 0.25) is 0 Å². The molecule has 0 aliphatic heterocycles. The summed E-state index contributed by atoms with van der Waals surface area (Å²) in [6, 6.07) is 0. The Bertz CT molecular complexity index is 147. The molecular weight excluding hydrogens is 184 g/mol. The van der Waals surface area contributed by atoms with Gasteiger partial charge in [0.1, 0.15) is 0 Å². The van der Waals surface area contributed by atoms with Gasteiger partial charge in [-0.2, -0.15) is 11.8 Å². The minimum Gasteiger partial charge on any atom is -0.481 e.